The Bertz CT molecular complexity index is 260. The van der Waals surface area contributed by atoms with Crippen molar-refractivity contribution in [3.8, 4) is 0 Å². The fraction of sp³-hybridized carbons (Fsp3) is 0.700. The van der Waals surface area contributed by atoms with Gasteiger partial charge in [0.15, 0.2) is 0 Å². The second-order valence-corrected chi connectivity index (χ2v) is 3.75. The molecule has 0 aromatic rings. The molecule has 2 nitrogen and oxygen atoms in total. The van der Waals surface area contributed by atoms with Gasteiger partial charge in [-0.1, -0.05) is 12.2 Å². The van der Waals surface area contributed by atoms with Crippen LogP contribution < -0.4 is 5.32 Å². The van der Waals surface area contributed by atoms with Crippen LogP contribution >= 0.6 is 0 Å². The molecule has 0 fully saturated rings. The van der Waals surface area contributed by atoms with Gasteiger partial charge in [0.25, 0.3) is 0 Å². The van der Waals surface area contributed by atoms with Crippen molar-refractivity contribution in [3.05, 3.63) is 12.2 Å². The molecule has 0 aromatic heterocycles. The number of halogens is 3. The quantitative estimate of drug-likeness (QED) is 0.713. The summed E-state index contributed by atoms with van der Waals surface area (Å²) in [6.45, 7) is 0.883. The predicted molar refractivity (Wildman–Crippen MR) is 50.1 cm³/mol. The van der Waals surface area contributed by atoms with Crippen LogP contribution in [0, 0.1) is 5.92 Å². The van der Waals surface area contributed by atoms with E-state index in [1.54, 1.807) is 0 Å². The maximum atomic E-state index is 12.2. The van der Waals surface area contributed by atoms with Gasteiger partial charge in [-0.05, 0) is 26.2 Å². The Labute approximate surface area is 86.5 Å². The topological polar surface area (TPSA) is 29.1 Å². The monoisotopic (exact) mass is 221 g/mol. The summed E-state index contributed by atoms with van der Waals surface area (Å²) in [5.41, 5.74) is 0. The second-order valence-electron chi connectivity index (χ2n) is 3.75. The first-order chi connectivity index (χ1) is 6.91. The first-order valence-electron chi connectivity index (χ1n) is 4.93. The second kappa shape index (κ2) is 4.68. The number of carbonyl (C=O) groups is 1. The summed E-state index contributed by atoms with van der Waals surface area (Å²) in [7, 11) is 0. The van der Waals surface area contributed by atoms with Crippen LogP contribution in [-0.4, -0.2) is 18.1 Å². The molecule has 0 heterocycles. The zero-order chi connectivity index (χ0) is 11.5. The number of carbonyl (C=O) groups excluding carboxylic acids is 1. The van der Waals surface area contributed by atoms with E-state index in [0.717, 1.165) is 13.3 Å². The molecule has 1 aliphatic carbocycles. The molecule has 0 aromatic carbocycles. The van der Waals surface area contributed by atoms with Gasteiger partial charge in [0.2, 0.25) is 5.91 Å². The standard InChI is InChI=1S/C10H14F3NO/c1-7(10(11,12)13)9(15)14-8-5-3-2-4-6-8/h2-3,7-8H,4-6H2,1H3,(H,14,15). The minimum Gasteiger partial charge on any atom is -0.353 e. The van der Waals surface area contributed by atoms with Crippen molar-refractivity contribution in [3.63, 3.8) is 0 Å². The van der Waals surface area contributed by atoms with E-state index in [4.69, 9.17) is 0 Å². The first-order valence-corrected chi connectivity index (χ1v) is 4.93. The van der Waals surface area contributed by atoms with Crippen molar-refractivity contribution in [1.29, 1.82) is 0 Å². The third-order valence-corrected chi connectivity index (χ3v) is 2.50. The van der Waals surface area contributed by atoms with Crippen molar-refractivity contribution in [2.75, 3.05) is 0 Å². The van der Waals surface area contributed by atoms with Crippen LogP contribution in [0.25, 0.3) is 0 Å². The van der Waals surface area contributed by atoms with E-state index in [-0.39, 0.29) is 6.04 Å². The van der Waals surface area contributed by atoms with Gasteiger partial charge in [0.05, 0.1) is 0 Å². The van der Waals surface area contributed by atoms with Gasteiger partial charge in [0, 0.05) is 6.04 Å². The lowest BCUT2D eigenvalue weighted by Gasteiger charge is -2.22. The van der Waals surface area contributed by atoms with Crippen molar-refractivity contribution < 1.29 is 18.0 Å². The van der Waals surface area contributed by atoms with Gasteiger partial charge in [-0.15, -0.1) is 0 Å². The number of rotatable bonds is 2. The van der Waals surface area contributed by atoms with Crippen LogP contribution in [0.15, 0.2) is 12.2 Å². The third kappa shape index (κ3) is 3.57. The summed E-state index contributed by atoms with van der Waals surface area (Å²) in [6, 6.07) is -0.146. The molecule has 0 radical (unpaired) electrons. The lowest BCUT2D eigenvalue weighted by Crippen LogP contribution is -2.43. The maximum Gasteiger partial charge on any atom is 0.400 e. The number of nitrogens with one attached hydrogen (secondary N) is 1. The van der Waals surface area contributed by atoms with Crippen LogP contribution in [0.3, 0.4) is 0 Å². The Morgan fingerprint density at radius 1 is 1.47 bits per heavy atom. The normalized spacial score (nSPS) is 23.6. The summed E-state index contributed by atoms with van der Waals surface area (Å²) in [5.74, 6) is -2.86. The molecular weight excluding hydrogens is 207 g/mol. The van der Waals surface area contributed by atoms with Crippen LogP contribution in [-0.2, 0) is 4.79 Å². The molecule has 15 heavy (non-hydrogen) atoms. The van der Waals surface area contributed by atoms with E-state index < -0.39 is 18.0 Å². The molecular formula is C10H14F3NO. The van der Waals surface area contributed by atoms with Gasteiger partial charge in [-0.2, -0.15) is 13.2 Å². The number of amides is 1. The van der Waals surface area contributed by atoms with Gasteiger partial charge in [-0.25, -0.2) is 0 Å². The van der Waals surface area contributed by atoms with Crippen LogP contribution in [0.1, 0.15) is 26.2 Å². The highest BCUT2D eigenvalue weighted by molar-refractivity contribution is 5.79. The lowest BCUT2D eigenvalue weighted by molar-refractivity contribution is -0.179. The predicted octanol–water partition coefficient (Wildman–Crippen LogP) is 2.41. The Balaban J connectivity index is 2.44. The average Bonchev–Trinajstić information content (AvgIpc) is 2.16. The molecule has 0 bridgehead atoms. The van der Waals surface area contributed by atoms with Crippen molar-refractivity contribution in [2.45, 2.75) is 38.4 Å². The Morgan fingerprint density at radius 3 is 2.60 bits per heavy atom. The Morgan fingerprint density at radius 2 is 2.13 bits per heavy atom. The molecule has 0 saturated carbocycles. The molecule has 1 N–H and O–H groups in total. The van der Waals surface area contributed by atoms with Gasteiger partial charge in [0.1, 0.15) is 5.92 Å². The highest BCUT2D eigenvalue weighted by Crippen LogP contribution is 2.26. The average molecular weight is 221 g/mol. The van der Waals surface area contributed by atoms with Crippen molar-refractivity contribution >= 4 is 5.91 Å². The molecule has 1 rings (SSSR count). The van der Waals surface area contributed by atoms with Crippen LogP contribution in [0.2, 0.25) is 0 Å². The molecule has 0 spiro atoms. The van der Waals surface area contributed by atoms with E-state index >= 15 is 0 Å². The zero-order valence-electron chi connectivity index (χ0n) is 8.47. The molecule has 5 heteroatoms. The maximum absolute atomic E-state index is 12.2. The summed E-state index contributed by atoms with van der Waals surface area (Å²) in [6.07, 6.45) is 1.55. The van der Waals surface area contributed by atoms with Gasteiger partial charge >= 0.3 is 6.18 Å². The molecule has 0 saturated heterocycles. The molecule has 1 aliphatic rings. The number of allylic oxidation sites excluding steroid dienone is 1. The summed E-state index contributed by atoms with van der Waals surface area (Å²) in [4.78, 5) is 11.2. The number of hydrogen-bond donors (Lipinski definition) is 1. The van der Waals surface area contributed by atoms with E-state index in [0.29, 0.717) is 12.8 Å². The summed E-state index contributed by atoms with van der Waals surface area (Å²) >= 11 is 0. The first kappa shape index (κ1) is 12.1. The van der Waals surface area contributed by atoms with Gasteiger partial charge in [-0.3, -0.25) is 4.79 Å². The zero-order valence-corrected chi connectivity index (χ0v) is 8.47. The van der Waals surface area contributed by atoms with E-state index in [1.807, 2.05) is 12.2 Å². The molecule has 1 amide bonds. The van der Waals surface area contributed by atoms with E-state index in [2.05, 4.69) is 5.32 Å². The highest BCUT2D eigenvalue weighted by Gasteiger charge is 2.41. The largest absolute Gasteiger partial charge is 0.400 e. The summed E-state index contributed by atoms with van der Waals surface area (Å²) in [5, 5.41) is 2.41. The molecule has 2 unspecified atom stereocenters. The van der Waals surface area contributed by atoms with Gasteiger partial charge < -0.3 is 5.32 Å². The van der Waals surface area contributed by atoms with Crippen LogP contribution in [0.5, 0.6) is 0 Å². The van der Waals surface area contributed by atoms with Crippen molar-refractivity contribution in [2.24, 2.45) is 5.92 Å². The SMILES string of the molecule is CC(C(=O)NC1CC=CCC1)C(F)(F)F. The smallest absolute Gasteiger partial charge is 0.353 e. The molecule has 86 valence electrons. The third-order valence-electron chi connectivity index (χ3n) is 2.50. The molecule has 0 aliphatic heterocycles. The fourth-order valence-electron chi connectivity index (χ4n) is 1.40. The Kier molecular flexibility index (Phi) is 3.77. The lowest BCUT2D eigenvalue weighted by atomic mass is 10.0. The van der Waals surface area contributed by atoms with E-state index in [1.165, 1.54) is 0 Å². The highest BCUT2D eigenvalue weighted by atomic mass is 19.4. The van der Waals surface area contributed by atoms with Crippen molar-refractivity contribution in [1.82, 2.24) is 5.32 Å². The summed E-state index contributed by atoms with van der Waals surface area (Å²) < 4.78 is 36.5. The van der Waals surface area contributed by atoms with E-state index in [9.17, 15) is 18.0 Å². The minimum atomic E-state index is -4.45. The van der Waals surface area contributed by atoms with Crippen LogP contribution in [0.4, 0.5) is 13.2 Å². The fourth-order valence-corrected chi connectivity index (χ4v) is 1.40. The Hall–Kier alpha value is -1.00. The molecule has 2 atom stereocenters. The minimum absolute atomic E-state index is 0.146. The number of alkyl halides is 3. The number of hydrogen-bond acceptors (Lipinski definition) is 1.